The third-order valence-electron chi connectivity index (χ3n) is 2.04. The van der Waals surface area contributed by atoms with Crippen LogP contribution in [0.15, 0.2) is 22.0 Å². The third-order valence-corrected chi connectivity index (χ3v) is 4.39. The summed E-state index contributed by atoms with van der Waals surface area (Å²) in [7, 11) is 0. The summed E-state index contributed by atoms with van der Waals surface area (Å²) in [5.41, 5.74) is 1.53. The first kappa shape index (κ1) is 9.97. The van der Waals surface area contributed by atoms with E-state index in [1.165, 1.54) is 0 Å². The van der Waals surface area contributed by atoms with Crippen molar-refractivity contribution in [3.63, 3.8) is 0 Å². The number of benzene rings is 1. The first-order valence-electron chi connectivity index (χ1n) is 3.92. The molecule has 14 heavy (non-hydrogen) atoms. The Bertz CT molecular complexity index is 527. The van der Waals surface area contributed by atoms with Crippen molar-refractivity contribution in [2.24, 2.45) is 0 Å². The number of nitriles is 1. The van der Waals surface area contributed by atoms with Crippen LogP contribution in [0.1, 0.15) is 11.1 Å². The summed E-state index contributed by atoms with van der Waals surface area (Å²) in [6.07, 6.45) is 0. The predicted octanol–water partition coefficient (Wildman–Crippen LogP) is 4.27. The first-order valence-corrected chi connectivity index (χ1v) is 6.13. The molecular weight excluding hydrogens is 282 g/mol. The number of nitrogens with zero attached hydrogens (tertiary/aromatic N) is 1. The topological polar surface area (TPSA) is 23.8 Å². The number of thiophene rings is 1. The molecule has 0 aliphatic carbocycles. The summed E-state index contributed by atoms with van der Waals surface area (Å²) >= 11 is 10.9. The minimum Gasteiger partial charge on any atom is -0.192 e. The summed E-state index contributed by atoms with van der Waals surface area (Å²) in [6, 6.07) is 6.05. The Morgan fingerprint density at radius 3 is 3.00 bits per heavy atom. The zero-order chi connectivity index (χ0) is 10.1. The molecule has 0 fully saturated rings. The van der Waals surface area contributed by atoms with Crippen LogP contribution in [-0.2, 0) is 5.88 Å². The molecule has 1 heterocycles. The lowest BCUT2D eigenvalue weighted by atomic mass is 10.1. The van der Waals surface area contributed by atoms with E-state index in [1.54, 1.807) is 11.3 Å². The highest BCUT2D eigenvalue weighted by atomic mass is 79.9. The standard InChI is InChI=1S/C10H5BrClNS/c11-9-8(4-12)7(5-13)3-6-1-2-14-10(6)9/h1-3H,4H2. The van der Waals surface area contributed by atoms with E-state index in [0.29, 0.717) is 11.4 Å². The number of halogens is 2. The van der Waals surface area contributed by atoms with E-state index >= 15 is 0 Å². The number of alkyl halides is 1. The molecule has 0 unspecified atom stereocenters. The fourth-order valence-electron chi connectivity index (χ4n) is 1.34. The van der Waals surface area contributed by atoms with Crippen LogP contribution in [0.25, 0.3) is 10.1 Å². The summed E-state index contributed by atoms with van der Waals surface area (Å²) in [5, 5.41) is 12.0. The lowest BCUT2D eigenvalue weighted by molar-refractivity contribution is 1.35. The Morgan fingerprint density at radius 2 is 2.36 bits per heavy atom. The van der Waals surface area contributed by atoms with Crippen molar-refractivity contribution in [2.75, 3.05) is 0 Å². The highest BCUT2D eigenvalue weighted by Gasteiger charge is 2.11. The SMILES string of the molecule is N#Cc1cc2ccsc2c(Br)c1CCl. The van der Waals surface area contributed by atoms with Gasteiger partial charge in [0.25, 0.3) is 0 Å². The summed E-state index contributed by atoms with van der Waals surface area (Å²) in [4.78, 5) is 0. The Hall–Kier alpha value is -0.560. The maximum Gasteiger partial charge on any atom is 0.0995 e. The molecule has 1 aromatic carbocycles. The van der Waals surface area contributed by atoms with Gasteiger partial charge in [-0.05, 0) is 38.8 Å². The van der Waals surface area contributed by atoms with Gasteiger partial charge >= 0.3 is 0 Å². The largest absolute Gasteiger partial charge is 0.192 e. The van der Waals surface area contributed by atoms with Crippen LogP contribution in [0.5, 0.6) is 0 Å². The van der Waals surface area contributed by atoms with E-state index in [9.17, 15) is 0 Å². The molecule has 0 aliphatic heterocycles. The molecule has 0 saturated heterocycles. The Kier molecular flexibility index (Phi) is 2.78. The molecule has 2 aromatic rings. The van der Waals surface area contributed by atoms with Gasteiger partial charge in [-0.15, -0.1) is 22.9 Å². The minimum atomic E-state index is 0.358. The fraction of sp³-hybridized carbons (Fsp3) is 0.100. The predicted molar refractivity (Wildman–Crippen MR) is 63.8 cm³/mol. The molecule has 0 radical (unpaired) electrons. The van der Waals surface area contributed by atoms with Crippen LogP contribution in [0.4, 0.5) is 0 Å². The second kappa shape index (κ2) is 3.90. The van der Waals surface area contributed by atoms with Gasteiger partial charge < -0.3 is 0 Å². The van der Waals surface area contributed by atoms with Crippen molar-refractivity contribution >= 4 is 49.0 Å². The molecule has 4 heteroatoms. The van der Waals surface area contributed by atoms with Crippen LogP contribution < -0.4 is 0 Å². The molecule has 1 aromatic heterocycles. The lowest BCUT2D eigenvalue weighted by Gasteiger charge is -2.04. The molecule has 2 rings (SSSR count). The zero-order valence-electron chi connectivity index (χ0n) is 7.05. The minimum absolute atomic E-state index is 0.358. The van der Waals surface area contributed by atoms with Crippen LogP contribution in [0.2, 0.25) is 0 Å². The van der Waals surface area contributed by atoms with Crippen LogP contribution >= 0.6 is 38.9 Å². The summed E-state index contributed by atoms with van der Waals surface area (Å²) in [6.45, 7) is 0. The quantitative estimate of drug-likeness (QED) is 0.718. The maximum absolute atomic E-state index is 8.94. The average Bonchev–Trinajstić information content (AvgIpc) is 2.65. The van der Waals surface area contributed by atoms with Crippen LogP contribution in [0.3, 0.4) is 0 Å². The van der Waals surface area contributed by atoms with Crippen molar-refractivity contribution in [2.45, 2.75) is 5.88 Å². The molecular formula is C10H5BrClNS. The van der Waals surface area contributed by atoms with Crippen LogP contribution in [-0.4, -0.2) is 0 Å². The second-order valence-electron chi connectivity index (χ2n) is 2.80. The number of fused-ring (bicyclic) bond motifs is 1. The van der Waals surface area contributed by atoms with Crippen LogP contribution in [0, 0.1) is 11.3 Å². The van der Waals surface area contributed by atoms with E-state index in [0.717, 1.165) is 20.1 Å². The first-order chi connectivity index (χ1) is 6.77. The highest BCUT2D eigenvalue weighted by molar-refractivity contribution is 9.10. The number of rotatable bonds is 1. The molecule has 0 saturated carbocycles. The van der Waals surface area contributed by atoms with Gasteiger partial charge in [-0.3, -0.25) is 0 Å². The molecule has 0 atom stereocenters. The van der Waals surface area contributed by atoms with Crippen molar-refractivity contribution in [3.05, 3.63) is 33.1 Å². The molecule has 0 spiro atoms. The summed E-state index contributed by atoms with van der Waals surface area (Å²) in [5.74, 6) is 0.358. The third kappa shape index (κ3) is 1.44. The second-order valence-corrected chi connectivity index (χ2v) is 4.78. The smallest absolute Gasteiger partial charge is 0.0995 e. The van der Waals surface area contributed by atoms with E-state index < -0.39 is 0 Å². The van der Waals surface area contributed by atoms with Gasteiger partial charge in [-0.1, -0.05) is 0 Å². The molecule has 0 bridgehead atoms. The van der Waals surface area contributed by atoms with Gasteiger partial charge in [0, 0.05) is 20.6 Å². The van der Waals surface area contributed by atoms with E-state index in [-0.39, 0.29) is 0 Å². The van der Waals surface area contributed by atoms with Crippen molar-refractivity contribution in [1.29, 1.82) is 5.26 Å². The number of hydrogen-bond donors (Lipinski definition) is 0. The van der Waals surface area contributed by atoms with E-state index in [4.69, 9.17) is 16.9 Å². The van der Waals surface area contributed by atoms with Gasteiger partial charge in [0.1, 0.15) is 0 Å². The Balaban J connectivity index is 2.87. The monoisotopic (exact) mass is 285 g/mol. The van der Waals surface area contributed by atoms with Gasteiger partial charge in [0.05, 0.1) is 11.6 Å². The molecule has 70 valence electrons. The van der Waals surface area contributed by atoms with Crippen molar-refractivity contribution in [3.8, 4) is 6.07 Å². The van der Waals surface area contributed by atoms with Gasteiger partial charge in [-0.2, -0.15) is 5.26 Å². The van der Waals surface area contributed by atoms with Crippen molar-refractivity contribution in [1.82, 2.24) is 0 Å². The lowest BCUT2D eigenvalue weighted by Crippen LogP contribution is -1.87. The van der Waals surface area contributed by atoms with Crippen molar-refractivity contribution < 1.29 is 0 Å². The fourth-order valence-corrected chi connectivity index (χ4v) is 3.48. The summed E-state index contributed by atoms with van der Waals surface area (Å²) < 4.78 is 2.11. The normalized spacial score (nSPS) is 10.4. The van der Waals surface area contributed by atoms with Gasteiger partial charge in [0.2, 0.25) is 0 Å². The van der Waals surface area contributed by atoms with Gasteiger partial charge in [0.15, 0.2) is 0 Å². The van der Waals surface area contributed by atoms with E-state index in [2.05, 4.69) is 22.0 Å². The Labute approximate surface area is 99.0 Å². The molecule has 0 N–H and O–H groups in total. The number of hydrogen-bond acceptors (Lipinski definition) is 2. The average molecular weight is 287 g/mol. The zero-order valence-corrected chi connectivity index (χ0v) is 10.2. The molecule has 1 nitrogen and oxygen atoms in total. The molecule has 0 aliphatic rings. The molecule has 0 amide bonds. The van der Waals surface area contributed by atoms with Gasteiger partial charge in [-0.25, -0.2) is 0 Å². The van der Waals surface area contributed by atoms with E-state index in [1.807, 2.05) is 17.5 Å². The maximum atomic E-state index is 8.94. The Morgan fingerprint density at radius 1 is 1.57 bits per heavy atom. The highest BCUT2D eigenvalue weighted by Crippen LogP contribution is 2.34.